The van der Waals surface area contributed by atoms with Gasteiger partial charge in [-0.15, -0.1) is 0 Å². The lowest BCUT2D eigenvalue weighted by Crippen LogP contribution is -2.44. The maximum absolute atomic E-state index is 5.52. The van der Waals surface area contributed by atoms with E-state index in [2.05, 4.69) is 11.8 Å². The van der Waals surface area contributed by atoms with E-state index in [0.717, 1.165) is 45.1 Å². The van der Waals surface area contributed by atoms with Crippen molar-refractivity contribution in [1.82, 2.24) is 4.90 Å². The first-order valence-electron chi connectivity index (χ1n) is 5.81. The zero-order valence-electron chi connectivity index (χ0n) is 10.2. The Hall–Kier alpha value is -0.540. The van der Waals surface area contributed by atoms with Crippen LogP contribution in [0.25, 0.3) is 0 Å². The van der Waals surface area contributed by atoms with Gasteiger partial charge in [0, 0.05) is 19.1 Å². The van der Waals surface area contributed by atoms with Crippen LogP contribution in [0.2, 0.25) is 0 Å². The fourth-order valence-electron chi connectivity index (χ4n) is 1.68. The molecule has 0 saturated carbocycles. The lowest BCUT2D eigenvalue weighted by Gasteiger charge is -2.33. The van der Waals surface area contributed by atoms with Crippen molar-refractivity contribution in [1.29, 1.82) is 0 Å². The van der Waals surface area contributed by atoms with Crippen molar-refractivity contribution in [2.75, 3.05) is 32.9 Å². The first kappa shape index (κ1) is 12.5. The Kier molecular flexibility index (Phi) is 5.73. The van der Waals surface area contributed by atoms with Gasteiger partial charge in [0.1, 0.15) is 0 Å². The van der Waals surface area contributed by atoms with Crippen LogP contribution in [0.1, 0.15) is 27.2 Å². The van der Waals surface area contributed by atoms with Crippen LogP contribution in [0.4, 0.5) is 0 Å². The predicted octanol–water partition coefficient (Wildman–Crippen LogP) is 2.04. The molecule has 3 heteroatoms. The third-order valence-electron chi connectivity index (χ3n) is 2.83. The highest BCUT2D eigenvalue weighted by atomic mass is 16.5. The van der Waals surface area contributed by atoms with Gasteiger partial charge in [0.15, 0.2) is 0 Å². The fourth-order valence-corrected chi connectivity index (χ4v) is 1.68. The summed E-state index contributed by atoms with van der Waals surface area (Å²) in [6, 6.07) is 0.557. The summed E-state index contributed by atoms with van der Waals surface area (Å²) in [5, 5.41) is 0. The van der Waals surface area contributed by atoms with Gasteiger partial charge in [0.05, 0.1) is 25.6 Å². The molecule has 88 valence electrons. The van der Waals surface area contributed by atoms with Gasteiger partial charge in [-0.1, -0.05) is 6.08 Å². The normalized spacial score (nSPS) is 24.2. The monoisotopic (exact) mass is 213 g/mol. The highest BCUT2D eigenvalue weighted by Crippen LogP contribution is 2.07. The van der Waals surface area contributed by atoms with Gasteiger partial charge in [-0.05, 0) is 27.2 Å². The third kappa shape index (κ3) is 4.67. The quantitative estimate of drug-likeness (QED) is 0.515. The first-order chi connectivity index (χ1) is 7.24. The Morgan fingerprint density at radius 3 is 3.07 bits per heavy atom. The Labute approximate surface area is 93.0 Å². The standard InChI is InChI=1S/C12H23NO2/c1-4-12(3)15-8-5-6-13-7-9-14-10-11(13)2/h4,11H,5-10H2,1-3H3/b12-4-/t11-/m0/s1. The summed E-state index contributed by atoms with van der Waals surface area (Å²) in [5.74, 6) is 1.02. The second-order valence-electron chi connectivity index (χ2n) is 4.06. The van der Waals surface area contributed by atoms with E-state index in [1.165, 1.54) is 0 Å². The van der Waals surface area contributed by atoms with Gasteiger partial charge in [-0.2, -0.15) is 0 Å². The Morgan fingerprint density at radius 2 is 2.40 bits per heavy atom. The number of rotatable bonds is 5. The molecule has 0 spiro atoms. The second kappa shape index (κ2) is 6.85. The van der Waals surface area contributed by atoms with Crippen LogP contribution in [0.3, 0.4) is 0 Å². The van der Waals surface area contributed by atoms with Crippen LogP contribution in [0.5, 0.6) is 0 Å². The lowest BCUT2D eigenvalue weighted by atomic mass is 10.2. The molecule has 0 aliphatic carbocycles. The second-order valence-corrected chi connectivity index (χ2v) is 4.06. The van der Waals surface area contributed by atoms with Gasteiger partial charge in [0.2, 0.25) is 0 Å². The molecule has 0 aromatic heterocycles. The molecule has 1 aliphatic heterocycles. The summed E-state index contributed by atoms with van der Waals surface area (Å²) >= 11 is 0. The van der Waals surface area contributed by atoms with Crippen molar-refractivity contribution in [2.45, 2.75) is 33.2 Å². The number of morpholine rings is 1. The minimum Gasteiger partial charge on any atom is -0.499 e. The zero-order chi connectivity index (χ0) is 11.1. The molecule has 0 bridgehead atoms. The van der Waals surface area contributed by atoms with Gasteiger partial charge in [0.25, 0.3) is 0 Å². The van der Waals surface area contributed by atoms with E-state index in [-0.39, 0.29) is 0 Å². The maximum atomic E-state index is 5.52. The smallest absolute Gasteiger partial charge is 0.0889 e. The molecule has 1 saturated heterocycles. The zero-order valence-corrected chi connectivity index (χ0v) is 10.2. The van der Waals surface area contributed by atoms with Crippen molar-refractivity contribution in [2.24, 2.45) is 0 Å². The number of allylic oxidation sites excluding steroid dienone is 2. The molecular weight excluding hydrogens is 190 g/mol. The highest BCUT2D eigenvalue weighted by Gasteiger charge is 2.17. The minimum atomic E-state index is 0.557. The topological polar surface area (TPSA) is 21.7 Å². The summed E-state index contributed by atoms with van der Waals surface area (Å²) in [5.41, 5.74) is 0. The Bertz CT molecular complexity index is 204. The van der Waals surface area contributed by atoms with Crippen LogP contribution in [-0.4, -0.2) is 43.9 Å². The Morgan fingerprint density at radius 1 is 1.60 bits per heavy atom. The van der Waals surface area contributed by atoms with E-state index < -0.39 is 0 Å². The van der Waals surface area contributed by atoms with Crippen molar-refractivity contribution in [3.63, 3.8) is 0 Å². The molecule has 0 unspecified atom stereocenters. The van der Waals surface area contributed by atoms with Crippen molar-refractivity contribution in [3.8, 4) is 0 Å². The van der Waals surface area contributed by atoms with Crippen LogP contribution in [0.15, 0.2) is 11.8 Å². The minimum absolute atomic E-state index is 0.557. The molecule has 0 aromatic rings. The van der Waals surface area contributed by atoms with Crippen molar-refractivity contribution < 1.29 is 9.47 Å². The van der Waals surface area contributed by atoms with E-state index in [0.29, 0.717) is 6.04 Å². The van der Waals surface area contributed by atoms with Gasteiger partial charge >= 0.3 is 0 Å². The van der Waals surface area contributed by atoms with Crippen LogP contribution in [-0.2, 0) is 9.47 Å². The molecule has 1 fully saturated rings. The largest absolute Gasteiger partial charge is 0.499 e. The van der Waals surface area contributed by atoms with E-state index in [1.54, 1.807) is 0 Å². The average Bonchev–Trinajstić information content (AvgIpc) is 2.26. The average molecular weight is 213 g/mol. The number of ether oxygens (including phenoxy) is 2. The van der Waals surface area contributed by atoms with Crippen molar-refractivity contribution >= 4 is 0 Å². The summed E-state index contributed by atoms with van der Waals surface area (Å²) in [7, 11) is 0. The summed E-state index contributed by atoms with van der Waals surface area (Å²) < 4.78 is 10.9. The number of hydrogen-bond acceptors (Lipinski definition) is 3. The van der Waals surface area contributed by atoms with E-state index in [1.807, 2.05) is 19.9 Å². The van der Waals surface area contributed by atoms with E-state index >= 15 is 0 Å². The molecular formula is C12H23NO2. The molecule has 1 rings (SSSR count). The molecule has 0 amide bonds. The van der Waals surface area contributed by atoms with Crippen LogP contribution < -0.4 is 0 Å². The van der Waals surface area contributed by atoms with Crippen LogP contribution >= 0.6 is 0 Å². The Balaban J connectivity index is 2.08. The third-order valence-corrected chi connectivity index (χ3v) is 2.83. The predicted molar refractivity (Wildman–Crippen MR) is 61.9 cm³/mol. The molecule has 1 aliphatic rings. The summed E-state index contributed by atoms with van der Waals surface area (Å²) in [6.45, 7) is 11.0. The molecule has 3 nitrogen and oxygen atoms in total. The molecule has 0 N–H and O–H groups in total. The summed E-state index contributed by atoms with van der Waals surface area (Å²) in [6.07, 6.45) is 3.09. The molecule has 1 heterocycles. The molecule has 1 atom stereocenters. The maximum Gasteiger partial charge on any atom is 0.0889 e. The molecule has 0 aromatic carbocycles. The van der Waals surface area contributed by atoms with Gasteiger partial charge < -0.3 is 9.47 Å². The van der Waals surface area contributed by atoms with Crippen LogP contribution in [0, 0.1) is 0 Å². The van der Waals surface area contributed by atoms with E-state index in [4.69, 9.17) is 9.47 Å². The molecule has 15 heavy (non-hydrogen) atoms. The highest BCUT2D eigenvalue weighted by molar-refractivity contribution is 4.84. The van der Waals surface area contributed by atoms with E-state index in [9.17, 15) is 0 Å². The number of hydrogen-bond donors (Lipinski definition) is 0. The summed E-state index contributed by atoms with van der Waals surface area (Å²) in [4.78, 5) is 2.47. The first-order valence-corrected chi connectivity index (χ1v) is 5.81. The lowest BCUT2D eigenvalue weighted by molar-refractivity contribution is -0.00300. The van der Waals surface area contributed by atoms with Gasteiger partial charge in [-0.3, -0.25) is 4.90 Å². The fraction of sp³-hybridized carbons (Fsp3) is 0.833. The van der Waals surface area contributed by atoms with Gasteiger partial charge in [-0.25, -0.2) is 0 Å². The SMILES string of the molecule is C/C=C(/C)OCCCN1CCOC[C@@H]1C. The van der Waals surface area contributed by atoms with Crippen molar-refractivity contribution in [3.05, 3.63) is 11.8 Å². The number of nitrogens with zero attached hydrogens (tertiary/aromatic N) is 1. The molecule has 0 radical (unpaired) electrons.